The molecule has 1 atom stereocenters. The van der Waals surface area contributed by atoms with Crippen LogP contribution in [0.2, 0.25) is 0 Å². The number of likely N-dealkylation sites (tertiary alicyclic amines) is 1. The molecule has 0 aromatic carbocycles. The van der Waals surface area contributed by atoms with E-state index in [1.54, 1.807) is 0 Å². The predicted molar refractivity (Wildman–Crippen MR) is 66.4 cm³/mol. The Bertz CT molecular complexity index is 212. The first-order chi connectivity index (χ1) is 7.63. The molecule has 94 valence electrons. The van der Waals surface area contributed by atoms with Gasteiger partial charge in [0.1, 0.15) is 0 Å². The quantitative estimate of drug-likeness (QED) is 0.716. The van der Waals surface area contributed by atoms with Crippen LogP contribution >= 0.6 is 0 Å². The van der Waals surface area contributed by atoms with Crippen molar-refractivity contribution >= 4 is 5.91 Å². The molecular weight excluding hydrogens is 202 g/mol. The average molecular weight is 227 g/mol. The van der Waals surface area contributed by atoms with Gasteiger partial charge in [-0.15, -0.1) is 0 Å². The summed E-state index contributed by atoms with van der Waals surface area (Å²) in [6.45, 7) is 7.94. The molecule has 1 rings (SSSR count). The largest absolute Gasteiger partial charge is 0.354 e. The van der Waals surface area contributed by atoms with E-state index in [0.717, 1.165) is 39.0 Å². The van der Waals surface area contributed by atoms with Gasteiger partial charge in [-0.2, -0.15) is 0 Å². The lowest BCUT2D eigenvalue weighted by atomic mass is 9.96. The number of amides is 1. The predicted octanol–water partition coefficient (Wildman–Crippen LogP) is 0.442. The number of nitrogens with zero attached hydrogens (tertiary/aromatic N) is 1. The van der Waals surface area contributed by atoms with Gasteiger partial charge in [-0.25, -0.2) is 0 Å². The smallest absolute Gasteiger partial charge is 0.223 e. The van der Waals surface area contributed by atoms with Gasteiger partial charge in [-0.1, -0.05) is 6.92 Å². The molecule has 0 aromatic rings. The van der Waals surface area contributed by atoms with Crippen LogP contribution < -0.4 is 10.6 Å². The van der Waals surface area contributed by atoms with E-state index >= 15 is 0 Å². The number of likely N-dealkylation sites (N-methyl/N-ethyl adjacent to an activating group) is 1. The molecule has 0 aliphatic carbocycles. The molecule has 2 N–H and O–H groups in total. The minimum atomic E-state index is 0.227. The molecule has 1 amide bonds. The van der Waals surface area contributed by atoms with E-state index in [9.17, 15) is 4.79 Å². The molecule has 1 fully saturated rings. The Morgan fingerprint density at radius 2 is 2.06 bits per heavy atom. The second kappa shape index (κ2) is 6.86. The second-order valence-corrected chi connectivity index (χ2v) is 4.78. The second-order valence-electron chi connectivity index (χ2n) is 4.78. The fraction of sp³-hybridized carbons (Fsp3) is 0.917. The van der Waals surface area contributed by atoms with Crippen molar-refractivity contribution in [3.8, 4) is 0 Å². The van der Waals surface area contributed by atoms with Gasteiger partial charge < -0.3 is 15.5 Å². The number of carbonyl (C=O) groups excluding carboxylic acids is 1. The van der Waals surface area contributed by atoms with Gasteiger partial charge in [0, 0.05) is 18.5 Å². The summed E-state index contributed by atoms with van der Waals surface area (Å²) in [7, 11) is 2.11. The number of hydrogen-bond donors (Lipinski definition) is 2. The van der Waals surface area contributed by atoms with Gasteiger partial charge in [-0.05, 0) is 46.4 Å². The third-order valence-electron chi connectivity index (χ3n) is 3.22. The summed E-state index contributed by atoms with van der Waals surface area (Å²) in [6.07, 6.45) is 2.00. The monoisotopic (exact) mass is 227 g/mol. The Kier molecular flexibility index (Phi) is 5.77. The lowest BCUT2D eigenvalue weighted by Gasteiger charge is -2.28. The van der Waals surface area contributed by atoms with Gasteiger partial charge in [0.2, 0.25) is 5.91 Å². The summed E-state index contributed by atoms with van der Waals surface area (Å²) < 4.78 is 0. The Hall–Kier alpha value is -0.610. The van der Waals surface area contributed by atoms with Gasteiger partial charge >= 0.3 is 0 Å². The molecular formula is C12H25N3O. The Labute approximate surface area is 98.8 Å². The van der Waals surface area contributed by atoms with Crippen LogP contribution in [0, 0.1) is 5.92 Å². The molecule has 16 heavy (non-hydrogen) atoms. The van der Waals surface area contributed by atoms with E-state index in [-0.39, 0.29) is 11.8 Å². The third kappa shape index (κ3) is 4.49. The molecule has 4 heteroatoms. The van der Waals surface area contributed by atoms with Crippen molar-refractivity contribution in [1.29, 1.82) is 0 Å². The summed E-state index contributed by atoms with van der Waals surface area (Å²) in [5.41, 5.74) is 0. The van der Waals surface area contributed by atoms with Crippen molar-refractivity contribution in [3.05, 3.63) is 0 Å². The Morgan fingerprint density at radius 3 is 2.62 bits per heavy atom. The van der Waals surface area contributed by atoms with Crippen LogP contribution in [-0.2, 0) is 4.79 Å². The SMILES string of the molecule is CCN[C@H](C)CNC(=O)C1CCN(C)CC1. The number of piperidine rings is 1. The molecule has 0 spiro atoms. The molecule has 1 heterocycles. The molecule has 0 unspecified atom stereocenters. The van der Waals surface area contributed by atoms with Crippen LogP contribution in [0.3, 0.4) is 0 Å². The van der Waals surface area contributed by atoms with E-state index in [0.29, 0.717) is 6.04 Å². The van der Waals surface area contributed by atoms with Crippen molar-refractivity contribution in [3.63, 3.8) is 0 Å². The van der Waals surface area contributed by atoms with Gasteiger partial charge in [-0.3, -0.25) is 4.79 Å². The summed E-state index contributed by atoms with van der Waals surface area (Å²) >= 11 is 0. The zero-order valence-corrected chi connectivity index (χ0v) is 10.8. The maximum absolute atomic E-state index is 11.9. The van der Waals surface area contributed by atoms with Crippen LogP contribution in [0.1, 0.15) is 26.7 Å². The molecule has 1 saturated heterocycles. The molecule has 0 saturated carbocycles. The minimum absolute atomic E-state index is 0.227. The molecule has 1 aliphatic heterocycles. The third-order valence-corrected chi connectivity index (χ3v) is 3.22. The maximum atomic E-state index is 11.9. The van der Waals surface area contributed by atoms with Crippen molar-refractivity contribution in [2.24, 2.45) is 5.92 Å². The van der Waals surface area contributed by atoms with Crippen molar-refractivity contribution in [2.75, 3.05) is 33.2 Å². The highest BCUT2D eigenvalue weighted by molar-refractivity contribution is 5.78. The van der Waals surface area contributed by atoms with E-state index in [2.05, 4.69) is 36.4 Å². The lowest BCUT2D eigenvalue weighted by molar-refractivity contribution is -0.126. The maximum Gasteiger partial charge on any atom is 0.223 e. The number of rotatable bonds is 5. The van der Waals surface area contributed by atoms with Crippen LogP contribution in [-0.4, -0.2) is 50.1 Å². The topological polar surface area (TPSA) is 44.4 Å². The summed E-state index contributed by atoms with van der Waals surface area (Å²) in [6, 6.07) is 0.361. The highest BCUT2D eigenvalue weighted by Crippen LogP contribution is 2.15. The van der Waals surface area contributed by atoms with E-state index in [4.69, 9.17) is 0 Å². The fourth-order valence-corrected chi connectivity index (χ4v) is 2.09. The summed E-state index contributed by atoms with van der Waals surface area (Å²) in [4.78, 5) is 14.1. The van der Waals surface area contributed by atoms with Crippen molar-refractivity contribution in [1.82, 2.24) is 15.5 Å². The molecule has 0 bridgehead atoms. The van der Waals surface area contributed by atoms with E-state index < -0.39 is 0 Å². The van der Waals surface area contributed by atoms with Crippen LogP contribution in [0.4, 0.5) is 0 Å². The number of carbonyl (C=O) groups is 1. The van der Waals surface area contributed by atoms with E-state index in [1.807, 2.05) is 0 Å². The normalized spacial score (nSPS) is 20.7. The van der Waals surface area contributed by atoms with Crippen molar-refractivity contribution in [2.45, 2.75) is 32.7 Å². The molecule has 4 nitrogen and oxygen atoms in total. The zero-order chi connectivity index (χ0) is 12.0. The van der Waals surface area contributed by atoms with Crippen LogP contribution in [0.5, 0.6) is 0 Å². The standard InChI is InChI=1S/C12H25N3O/c1-4-13-10(2)9-14-12(16)11-5-7-15(3)8-6-11/h10-11,13H,4-9H2,1-3H3,(H,14,16)/t10-/m1/s1. The van der Waals surface area contributed by atoms with Crippen LogP contribution in [0.25, 0.3) is 0 Å². The molecule has 0 aromatic heterocycles. The number of nitrogens with one attached hydrogen (secondary N) is 2. The van der Waals surface area contributed by atoms with Gasteiger partial charge in [0.05, 0.1) is 0 Å². The molecule has 0 radical (unpaired) electrons. The number of hydrogen-bond acceptors (Lipinski definition) is 3. The zero-order valence-electron chi connectivity index (χ0n) is 10.8. The Morgan fingerprint density at radius 1 is 1.44 bits per heavy atom. The van der Waals surface area contributed by atoms with Gasteiger partial charge in [0.25, 0.3) is 0 Å². The highest BCUT2D eigenvalue weighted by Gasteiger charge is 2.23. The molecule has 1 aliphatic rings. The van der Waals surface area contributed by atoms with E-state index in [1.165, 1.54) is 0 Å². The average Bonchev–Trinajstić information content (AvgIpc) is 2.27. The first-order valence-corrected chi connectivity index (χ1v) is 6.33. The van der Waals surface area contributed by atoms with Crippen molar-refractivity contribution < 1.29 is 4.79 Å². The minimum Gasteiger partial charge on any atom is -0.354 e. The highest BCUT2D eigenvalue weighted by atomic mass is 16.1. The summed E-state index contributed by atoms with van der Waals surface area (Å²) in [5, 5.41) is 6.32. The first kappa shape index (κ1) is 13.5. The first-order valence-electron chi connectivity index (χ1n) is 6.33. The van der Waals surface area contributed by atoms with Crippen LogP contribution in [0.15, 0.2) is 0 Å². The summed E-state index contributed by atoms with van der Waals surface area (Å²) in [5.74, 6) is 0.461. The Balaban J connectivity index is 2.19. The fourth-order valence-electron chi connectivity index (χ4n) is 2.09. The van der Waals surface area contributed by atoms with Gasteiger partial charge in [0.15, 0.2) is 0 Å². The lowest BCUT2D eigenvalue weighted by Crippen LogP contribution is -2.43.